The molecule has 2 fully saturated rings. The van der Waals surface area contributed by atoms with E-state index in [4.69, 9.17) is 0 Å². The molecule has 2 saturated heterocycles. The Kier molecular flexibility index (Phi) is 4.74. The average molecular weight is 373 g/mol. The maximum atomic E-state index is 13.1. The second kappa shape index (κ2) is 7.17. The second-order valence-electron chi connectivity index (χ2n) is 6.62. The maximum Gasteiger partial charge on any atom is 0.247 e. The number of thiophene rings is 1. The minimum absolute atomic E-state index is 0.0846. The van der Waals surface area contributed by atoms with Crippen molar-refractivity contribution in [2.45, 2.75) is 19.0 Å². The number of carbonyl (C=O) groups excluding carboxylic acids is 2. The van der Waals surface area contributed by atoms with Gasteiger partial charge in [-0.25, -0.2) is 4.39 Å². The first-order valence-corrected chi connectivity index (χ1v) is 9.61. The van der Waals surface area contributed by atoms with Crippen LogP contribution in [-0.2, 0) is 16.1 Å². The van der Waals surface area contributed by atoms with Gasteiger partial charge in [0.05, 0.1) is 19.0 Å². The molecule has 0 aliphatic carbocycles. The summed E-state index contributed by atoms with van der Waals surface area (Å²) in [5.74, 6) is -0.415. The van der Waals surface area contributed by atoms with Gasteiger partial charge in [-0.05, 0) is 35.7 Å². The van der Waals surface area contributed by atoms with E-state index in [1.165, 1.54) is 17.0 Å². The zero-order chi connectivity index (χ0) is 18.1. The van der Waals surface area contributed by atoms with Crippen LogP contribution in [-0.4, -0.2) is 53.8 Å². The Morgan fingerprint density at radius 2 is 1.77 bits per heavy atom. The fraction of sp³-hybridized carbons (Fsp3) is 0.368. The van der Waals surface area contributed by atoms with E-state index in [0.717, 1.165) is 23.7 Å². The van der Waals surface area contributed by atoms with Crippen molar-refractivity contribution in [3.63, 3.8) is 0 Å². The molecule has 0 saturated carbocycles. The molecule has 3 heterocycles. The second-order valence-corrected chi connectivity index (χ2v) is 7.65. The summed E-state index contributed by atoms with van der Waals surface area (Å²) >= 11 is 1.56. The number of benzene rings is 1. The Balaban J connectivity index is 1.37. The fourth-order valence-electron chi connectivity index (χ4n) is 3.62. The van der Waals surface area contributed by atoms with Crippen LogP contribution in [0.15, 0.2) is 41.8 Å². The third-order valence-corrected chi connectivity index (χ3v) is 5.92. The predicted molar refractivity (Wildman–Crippen MR) is 98.5 cm³/mol. The predicted octanol–water partition coefficient (Wildman–Crippen LogP) is 2.34. The van der Waals surface area contributed by atoms with E-state index in [9.17, 15) is 14.0 Å². The summed E-state index contributed by atoms with van der Waals surface area (Å²) in [6.45, 7) is 3.33. The number of likely N-dealkylation sites (tertiary alicyclic amines) is 1. The summed E-state index contributed by atoms with van der Waals surface area (Å²) in [6, 6.07) is 10.00. The van der Waals surface area contributed by atoms with Gasteiger partial charge in [0.2, 0.25) is 11.8 Å². The van der Waals surface area contributed by atoms with Crippen LogP contribution in [0.3, 0.4) is 0 Å². The van der Waals surface area contributed by atoms with Crippen LogP contribution in [0.4, 0.5) is 10.1 Å². The zero-order valence-electron chi connectivity index (χ0n) is 14.3. The number of carbonyl (C=O) groups is 2. The highest BCUT2D eigenvalue weighted by atomic mass is 32.1. The molecule has 0 radical (unpaired) electrons. The molecule has 2 aliphatic rings. The van der Waals surface area contributed by atoms with E-state index >= 15 is 0 Å². The summed E-state index contributed by atoms with van der Waals surface area (Å²) in [4.78, 5) is 31.8. The molecule has 2 aliphatic heterocycles. The maximum absolute atomic E-state index is 13.1. The minimum Gasteiger partial charge on any atom is -0.369 e. The van der Waals surface area contributed by atoms with E-state index in [2.05, 4.69) is 9.80 Å². The quantitative estimate of drug-likeness (QED) is 0.772. The van der Waals surface area contributed by atoms with Gasteiger partial charge in [0, 0.05) is 36.7 Å². The third kappa shape index (κ3) is 3.37. The van der Waals surface area contributed by atoms with Gasteiger partial charge in [0.1, 0.15) is 5.82 Å². The minimum atomic E-state index is -0.349. The van der Waals surface area contributed by atoms with Crippen molar-refractivity contribution in [2.24, 2.45) is 0 Å². The Hall–Kier alpha value is -2.25. The van der Waals surface area contributed by atoms with Gasteiger partial charge in [0.25, 0.3) is 0 Å². The molecule has 5 nitrogen and oxygen atoms in total. The van der Waals surface area contributed by atoms with Crippen molar-refractivity contribution in [1.29, 1.82) is 0 Å². The normalized spacial score (nSPS) is 21.7. The summed E-state index contributed by atoms with van der Waals surface area (Å²) in [5.41, 5.74) is 0.985. The Morgan fingerprint density at radius 1 is 1.04 bits per heavy atom. The summed E-state index contributed by atoms with van der Waals surface area (Å²) in [7, 11) is 0. The van der Waals surface area contributed by atoms with Gasteiger partial charge >= 0.3 is 0 Å². The average Bonchev–Trinajstić information content (AvgIpc) is 3.26. The van der Waals surface area contributed by atoms with Gasteiger partial charge in [0.15, 0.2) is 0 Å². The molecule has 0 N–H and O–H groups in total. The van der Waals surface area contributed by atoms with Crippen molar-refractivity contribution in [3.05, 3.63) is 52.5 Å². The van der Waals surface area contributed by atoms with E-state index in [1.807, 2.05) is 17.5 Å². The lowest BCUT2D eigenvalue weighted by Gasteiger charge is -2.38. The number of amides is 2. The summed E-state index contributed by atoms with van der Waals surface area (Å²) < 4.78 is 13.1. The van der Waals surface area contributed by atoms with Crippen molar-refractivity contribution in [3.8, 4) is 0 Å². The van der Waals surface area contributed by atoms with Crippen LogP contribution in [0.25, 0.3) is 0 Å². The Labute approximate surface area is 155 Å². The molecule has 7 heteroatoms. The van der Waals surface area contributed by atoms with E-state index in [1.54, 1.807) is 23.5 Å². The zero-order valence-corrected chi connectivity index (χ0v) is 15.1. The number of hydrogen-bond acceptors (Lipinski definition) is 5. The molecule has 26 heavy (non-hydrogen) atoms. The molecule has 0 bridgehead atoms. The topological polar surface area (TPSA) is 43.9 Å². The number of piperazine rings is 1. The van der Waals surface area contributed by atoms with Crippen LogP contribution in [0, 0.1) is 5.82 Å². The number of halogens is 1. The van der Waals surface area contributed by atoms with Crippen LogP contribution in [0.5, 0.6) is 0 Å². The van der Waals surface area contributed by atoms with Crippen molar-refractivity contribution in [2.75, 3.05) is 31.1 Å². The van der Waals surface area contributed by atoms with Gasteiger partial charge in [-0.3, -0.25) is 19.4 Å². The van der Waals surface area contributed by atoms with Crippen molar-refractivity contribution in [1.82, 2.24) is 9.80 Å². The summed E-state index contributed by atoms with van der Waals surface area (Å²) in [6.07, 6.45) is 0.265. The number of imide groups is 1. The SMILES string of the molecule is O=C1C[C@@H](N2CCN(c3ccc(F)cc3)CC2)C(=O)N1Cc1cccs1. The van der Waals surface area contributed by atoms with Gasteiger partial charge in [-0.15, -0.1) is 11.3 Å². The van der Waals surface area contributed by atoms with E-state index < -0.39 is 0 Å². The van der Waals surface area contributed by atoms with Crippen LogP contribution in [0.2, 0.25) is 0 Å². The van der Waals surface area contributed by atoms with Crippen molar-refractivity contribution < 1.29 is 14.0 Å². The highest BCUT2D eigenvalue weighted by Gasteiger charge is 2.42. The van der Waals surface area contributed by atoms with Crippen LogP contribution >= 0.6 is 11.3 Å². The lowest BCUT2D eigenvalue weighted by molar-refractivity contribution is -0.140. The third-order valence-electron chi connectivity index (χ3n) is 5.06. The molecule has 1 atom stereocenters. The van der Waals surface area contributed by atoms with Gasteiger partial charge in [-0.1, -0.05) is 6.07 Å². The van der Waals surface area contributed by atoms with Gasteiger partial charge in [-0.2, -0.15) is 0 Å². The van der Waals surface area contributed by atoms with Gasteiger partial charge < -0.3 is 4.90 Å². The molecule has 1 aromatic heterocycles. The first-order valence-electron chi connectivity index (χ1n) is 8.73. The number of anilines is 1. The smallest absolute Gasteiger partial charge is 0.247 e. The molecule has 136 valence electrons. The first kappa shape index (κ1) is 17.2. The molecular weight excluding hydrogens is 353 g/mol. The van der Waals surface area contributed by atoms with Crippen LogP contribution in [0.1, 0.15) is 11.3 Å². The largest absolute Gasteiger partial charge is 0.369 e. The lowest BCUT2D eigenvalue weighted by Crippen LogP contribution is -2.52. The molecule has 1 aromatic carbocycles. The molecule has 4 rings (SSSR count). The number of nitrogens with zero attached hydrogens (tertiary/aromatic N) is 3. The summed E-state index contributed by atoms with van der Waals surface area (Å²) in [5, 5.41) is 1.95. The molecular formula is C19H20FN3O2S. The monoisotopic (exact) mass is 373 g/mol. The molecule has 2 amide bonds. The fourth-order valence-corrected chi connectivity index (χ4v) is 4.31. The Morgan fingerprint density at radius 3 is 2.42 bits per heavy atom. The van der Waals surface area contributed by atoms with E-state index in [0.29, 0.717) is 19.6 Å². The number of hydrogen-bond donors (Lipinski definition) is 0. The first-order chi connectivity index (χ1) is 12.6. The lowest BCUT2D eigenvalue weighted by atomic mass is 10.1. The van der Waals surface area contributed by atoms with E-state index in [-0.39, 0.29) is 30.1 Å². The standard InChI is InChI=1S/C19H20FN3O2S/c20-14-3-5-15(6-4-14)21-7-9-22(10-8-21)17-12-18(24)23(19(17)25)13-16-2-1-11-26-16/h1-6,11,17H,7-10,12-13H2/t17-/m1/s1. The van der Waals surface area contributed by atoms with Crippen LogP contribution < -0.4 is 4.90 Å². The Bertz CT molecular complexity index is 786. The molecule has 0 unspecified atom stereocenters. The number of rotatable bonds is 4. The highest BCUT2D eigenvalue weighted by Crippen LogP contribution is 2.25. The molecule has 2 aromatic rings. The van der Waals surface area contributed by atoms with Crippen molar-refractivity contribution >= 4 is 28.8 Å². The molecule has 0 spiro atoms. The highest BCUT2D eigenvalue weighted by molar-refractivity contribution is 7.09.